The highest BCUT2D eigenvalue weighted by molar-refractivity contribution is 5.86. The van der Waals surface area contributed by atoms with Crippen LogP contribution in [0.5, 0.6) is 5.75 Å². The van der Waals surface area contributed by atoms with Crippen LogP contribution in [0, 0.1) is 12.8 Å². The van der Waals surface area contributed by atoms with Crippen LogP contribution in [0.4, 0.5) is 4.79 Å². The van der Waals surface area contributed by atoms with Crippen molar-refractivity contribution in [3.05, 3.63) is 65.2 Å². The average Bonchev–Trinajstić information content (AvgIpc) is 2.85. The lowest BCUT2D eigenvalue weighted by Gasteiger charge is -2.52. The second-order valence-corrected chi connectivity index (χ2v) is 10.5. The Morgan fingerprint density at radius 3 is 2.32 bits per heavy atom. The summed E-state index contributed by atoms with van der Waals surface area (Å²) in [5, 5.41) is 10.1. The summed E-state index contributed by atoms with van der Waals surface area (Å²) in [7, 11) is 1.60. The number of benzene rings is 2. The molecule has 7 nitrogen and oxygen atoms in total. The van der Waals surface area contributed by atoms with E-state index in [1.807, 2.05) is 50.2 Å². The number of unbranched alkanes of at least 4 members (excludes halogenated alkanes) is 2. The van der Waals surface area contributed by atoms with Crippen LogP contribution < -0.4 is 4.74 Å². The monoisotopic (exact) mass is 510 g/mol. The first-order valence-electron chi connectivity index (χ1n) is 13.3. The minimum absolute atomic E-state index is 0.0895. The van der Waals surface area contributed by atoms with Gasteiger partial charge in [-0.15, -0.1) is 0 Å². The van der Waals surface area contributed by atoms with Crippen LogP contribution in [-0.2, 0) is 21.6 Å². The van der Waals surface area contributed by atoms with E-state index in [2.05, 4.69) is 26.0 Å². The van der Waals surface area contributed by atoms with Crippen LogP contribution in [0.2, 0.25) is 0 Å². The predicted octanol–water partition coefficient (Wildman–Crippen LogP) is 5.50. The zero-order chi connectivity index (χ0) is 27.0. The molecule has 1 fully saturated rings. The summed E-state index contributed by atoms with van der Waals surface area (Å²) < 4.78 is 11.7. The van der Waals surface area contributed by atoms with Crippen LogP contribution >= 0.6 is 0 Å². The maximum absolute atomic E-state index is 13.9. The quantitative estimate of drug-likeness (QED) is 0.360. The topological polar surface area (TPSA) is 79.3 Å². The third-order valence-electron chi connectivity index (χ3n) is 7.02. The summed E-state index contributed by atoms with van der Waals surface area (Å²) in [6.07, 6.45) is 2.40. The van der Waals surface area contributed by atoms with Crippen molar-refractivity contribution in [1.29, 1.82) is 0 Å². The van der Waals surface area contributed by atoms with Gasteiger partial charge in [-0.05, 0) is 48.1 Å². The lowest BCUT2D eigenvalue weighted by molar-refractivity contribution is -0.177. The number of nitrogens with zero attached hydrogens (tertiary/aromatic N) is 2. The molecule has 2 aromatic carbocycles. The zero-order valence-electron chi connectivity index (χ0n) is 22.9. The van der Waals surface area contributed by atoms with Gasteiger partial charge in [0.1, 0.15) is 17.4 Å². The summed E-state index contributed by atoms with van der Waals surface area (Å²) in [4.78, 5) is 29.3. The maximum Gasteiger partial charge on any atom is 0.407 e. The van der Waals surface area contributed by atoms with Crippen molar-refractivity contribution in [1.82, 2.24) is 9.80 Å². The zero-order valence-corrected chi connectivity index (χ0v) is 22.9. The number of hydrogen-bond donors (Lipinski definition) is 1. The van der Waals surface area contributed by atoms with Crippen molar-refractivity contribution in [2.75, 3.05) is 33.4 Å². The number of likely N-dealkylation sites (tertiary alicyclic amines) is 1. The number of carboxylic acid groups (broad SMARTS) is 1. The largest absolute Gasteiger partial charge is 0.497 e. The molecule has 1 aliphatic rings. The Bertz CT molecular complexity index is 1030. The SMILES string of the molecule is CCCCCOC1(c2ccccc2C)CN(C(=O)C(Cc2ccc(OC)cc2)N(CC(C)C)C(=O)O)C1. The Balaban J connectivity index is 1.85. The van der Waals surface area contributed by atoms with Crippen molar-refractivity contribution in [2.24, 2.45) is 5.92 Å². The van der Waals surface area contributed by atoms with Crippen LogP contribution in [0.25, 0.3) is 0 Å². The highest BCUT2D eigenvalue weighted by atomic mass is 16.5. The molecule has 1 atom stereocenters. The number of methoxy groups -OCH3 is 1. The second kappa shape index (κ2) is 13.0. The van der Waals surface area contributed by atoms with Crippen LogP contribution in [0.3, 0.4) is 0 Å². The van der Waals surface area contributed by atoms with Gasteiger partial charge in [0.25, 0.3) is 0 Å². The Hall–Kier alpha value is -3.06. The summed E-state index contributed by atoms with van der Waals surface area (Å²) in [5.41, 5.74) is 2.55. The van der Waals surface area contributed by atoms with E-state index < -0.39 is 17.7 Å². The Labute approximate surface area is 221 Å². The molecule has 1 N–H and O–H groups in total. The molecule has 2 amide bonds. The smallest absolute Gasteiger partial charge is 0.407 e. The van der Waals surface area contributed by atoms with Crippen molar-refractivity contribution in [2.45, 2.75) is 65.0 Å². The lowest BCUT2D eigenvalue weighted by Crippen LogP contribution is -2.66. The molecule has 0 aliphatic carbocycles. The van der Waals surface area contributed by atoms with Crippen molar-refractivity contribution in [3.8, 4) is 5.75 Å². The van der Waals surface area contributed by atoms with E-state index in [-0.39, 0.29) is 18.4 Å². The van der Waals surface area contributed by atoms with E-state index in [4.69, 9.17) is 9.47 Å². The van der Waals surface area contributed by atoms with Crippen molar-refractivity contribution >= 4 is 12.0 Å². The Morgan fingerprint density at radius 1 is 1.08 bits per heavy atom. The van der Waals surface area contributed by atoms with Crippen LogP contribution in [-0.4, -0.2) is 66.3 Å². The number of carbonyl (C=O) groups is 2. The predicted molar refractivity (Wildman–Crippen MR) is 145 cm³/mol. The first kappa shape index (κ1) is 28.5. The number of carbonyl (C=O) groups excluding carboxylic acids is 1. The number of amides is 2. The third-order valence-corrected chi connectivity index (χ3v) is 7.02. The average molecular weight is 511 g/mol. The van der Waals surface area contributed by atoms with Gasteiger partial charge < -0.3 is 19.5 Å². The van der Waals surface area contributed by atoms with Gasteiger partial charge in [-0.1, -0.05) is 70.0 Å². The molecule has 0 saturated carbocycles. The molecule has 7 heteroatoms. The van der Waals surface area contributed by atoms with Gasteiger partial charge in [-0.2, -0.15) is 0 Å². The van der Waals surface area contributed by atoms with E-state index >= 15 is 0 Å². The molecule has 37 heavy (non-hydrogen) atoms. The maximum atomic E-state index is 13.9. The molecule has 2 aromatic rings. The van der Waals surface area contributed by atoms with Crippen molar-refractivity contribution in [3.63, 3.8) is 0 Å². The number of aryl methyl sites for hydroxylation is 1. The van der Waals surface area contributed by atoms with E-state index in [9.17, 15) is 14.7 Å². The minimum Gasteiger partial charge on any atom is -0.497 e. The second-order valence-electron chi connectivity index (χ2n) is 10.5. The summed E-state index contributed by atoms with van der Waals surface area (Å²) in [5.74, 6) is 0.627. The molecule has 1 aliphatic heterocycles. The standard InChI is InChI=1S/C30H42N2O5/c1-6-7-10-17-37-30(26-12-9-8-11-23(26)4)20-31(21-30)28(33)27(32(29(34)35)19-22(2)3)18-24-13-15-25(36-5)16-14-24/h8-9,11-16,22,27H,6-7,10,17-21H2,1-5H3,(H,34,35). The highest BCUT2D eigenvalue weighted by Crippen LogP contribution is 2.38. The molecule has 1 unspecified atom stereocenters. The van der Waals surface area contributed by atoms with Crippen LogP contribution in [0.1, 0.15) is 56.7 Å². The van der Waals surface area contributed by atoms with Gasteiger partial charge in [-0.25, -0.2) is 4.79 Å². The molecule has 1 heterocycles. The fourth-order valence-corrected chi connectivity index (χ4v) is 5.03. The normalized spacial score (nSPS) is 15.2. The fraction of sp³-hybridized carbons (Fsp3) is 0.533. The Morgan fingerprint density at radius 2 is 1.76 bits per heavy atom. The van der Waals surface area contributed by atoms with Gasteiger partial charge >= 0.3 is 6.09 Å². The molecular formula is C30H42N2O5. The summed E-state index contributed by atoms with van der Waals surface area (Å²) >= 11 is 0. The van der Waals surface area contributed by atoms with E-state index in [1.54, 1.807) is 12.0 Å². The summed E-state index contributed by atoms with van der Waals surface area (Å²) in [6, 6.07) is 14.8. The fourth-order valence-electron chi connectivity index (χ4n) is 5.03. The molecule has 0 spiro atoms. The molecule has 3 rings (SSSR count). The molecule has 0 aromatic heterocycles. The molecular weight excluding hydrogens is 468 g/mol. The number of ether oxygens (including phenoxy) is 2. The summed E-state index contributed by atoms with van der Waals surface area (Å²) in [6.45, 7) is 9.89. The van der Waals surface area contributed by atoms with E-state index in [0.717, 1.165) is 41.7 Å². The van der Waals surface area contributed by atoms with Gasteiger partial charge in [0.15, 0.2) is 0 Å². The molecule has 0 radical (unpaired) electrons. The lowest BCUT2D eigenvalue weighted by atomic mass is 9.82. The molecule has 202 valence electrons. The first-order valence-corrected chi connectivity index (χ1v) is 13.3. The van der Waals surface area contributed by atoms with Crippen LogP contribution in [0.15, 0.2) is 48.5 Å². The van der Waals surface area contributed by atoms with Gasteiger partial charge in [0.05, 0.1) is 20.2 Å². The van der Waals surface area contributed by atoms with E-state index in [1.165, 1.54) is 4.90 Å². The van der Waals surface area contributed by atoms with E-state index in [0.29, 0.717) is 26.1 Å². The van der Waals surface area contributed by atoms with Crippen molar-refractivity contribution < 1.29 is 24.2 Å². The minimum atomic E-state index is -1.08. The van der Waals surface area contributed by atoms with Gasteiger partial charge in [-0.3, -0.25) is 9.69 Å². The first-order chi connectivity index (χ1) is 17.7. The number of rotatable bonds is 13. The highest BCUT2D eigenvalue weighted by Gasteiger charge is 2.50. The molecule has 1 saturated heterocycles. The Kier molecular flexibility index (Phi) is 9.98. The number of hydrogen-bond acceptors (Lipinski definition) is 4. The van der Waals surface area contributed by atoms with Gasteiger partial charge in [0, 0.05) is 19.6 Å². The third kappa shape index (κ3) is 7.04. The molecule has 0 bridgehead atoms. The van der Waals surface area contributed by atoms with Gasteiger partial charge in [0.2, 0.25) is 5.91 Å².